The maximum atomic E-state index is 4.24. The van der Waals surface area contributed by atoms with Crippen molar-refractivity contribution in [3.63, 3.8) is 0 Å². The van der Waals surface area contributed by atoms with E-state index in [0.29, 0.717) is 6.54 Å². The fourth-order valence-corrected chi connectivity index (χ4v) is 1.38. The monoisotopic (exact) mass is 212 g/mol. The van der Waals surface area contributed by atoms with Crippen LogP contribution in [0, 0.1) is 25.7 Å². The predicted octanol–water partition coefficient (Wildman–Crippen LogP) is 1.34. The van der Waals surface area contributed by atoms with Crippen LogP contribution in [0.1, 0.15) is 17.2 Å². The molecule has 0 amide bonds. The van der Waals surface area contributed by atoms with Gasteiger partial charge < -0.3 is 4.57 Å². The number of imidazole rings is 1. The summed E-state index contributed by atoms with van der Waals surface area (Å²) >= 11 is 0. The first kappa shape index (κ1) is 10.4. The lowest BCUT2D eigenvalue weighted by atomic mass is 10.3. The SMILES string of the molecule is Cc1cc(C#CCn2ccnc2)nc(C)n1. The summed E-state index contributed by atoms with van der Waals surface area (Å²) in [4.78, 5) is 12.4. The minimum absolute atomic E-state index is 0.627. The summed E-state index contributed by atoms with van der Waals surface area (Å²) in [7, 11) is 0. The number of nitrogens with zero attached hydrogens (tertiary/aromatic N) is 4. The Balaban J connectivity index is 2.12. The van der Waals surface area contributed by atoms with Crippen LogP contribution in [0.4, 0.5) is 0 Å². The maximum Gasteiger partial charge on any atom is 0.126 e. The summed E-state index contributed by atoms with van der Waals surface area (Å²) < 4.78 is 1.91. The second-order valence-corrected chi connectivity index (χ2v) is 3.48. The van der Waals surface area contributed by atoms with Crippen molar-refractivity contribution in [3.8, 4) is 11.8 Å². The molecule has 2 aromatic rings. The minimum atomic E-state index is 0.627. The molecule has 2 heterocycles. The van der Waals surface area contributed by atoms with Crippen LogP contribution in [0.2, 0.25) is 0 Å². The molecule has 0 bridgehead atoms. The molecule has 0 aromatic carbocycles. The predicted molar refractivity (Wildman–Crippen MR) is 60.6 cm³/mol. The standard InChI is InChI=1S/C12H12N4/c1-10-8-12(15-11(2)14-10)4-3-6-16-7-5-13-9-16/h5,7-9H,6H2,1-2H3. The molecule has 0 atom stereocenters. The third-order valence-electron chi connectivity index (χ3n) is 2.00. The average Bonchev–Trinajstić information content (AvgIpc) is 2.69. The summed E-state index contributed by atoms with van der Waals surface area (Å²) in [5.74, 6) is 6.81. The second kappa shape index (κ2) is 4.58. The average molecular weight is 212 g/mol. The quantitative estimate of drug-likeness (QED) is 0.670. The van der Waals surface area contributed by atoms with Gasteiger partial charge in [-0.15, -0.1) is 0 Å². The van der Waals surface area contributed by atoms with E-state index in [0.717, 1.165) is 17.2 Å². The Labute approximate surface area is 94.4 Å². The first-order chi connectivity index (χ1) is 7.74. The molecule has 0 fully saturated rings. The molecule has 0 spiro atoms. The molecule has 0 saturated heterocycles. The van der Waals surface area contributed by atoms with E-state index < -0.39 is 0 Å². The van der Waals surface area contributed by atoms with Gasteiger partial charge in [-0.2, -0.15) is 0 Å². The zero-order valence-electron chi connectivity index (χ0n) is 9.31. The topological polar surface area (TPSA) is 43.6 Å². The van der Waals surface area contributed by atoms with Crippen molar-refractivity contribution < 1.29 is 0 Å². The van der Waals surface area contributed by atoms with Crippen LogP contribution in [0.5, 0.6) is 0 Å². The van der Waals surface area contributed by atoms with Gasteiger partial charge in [-0.3, -0.25) is 0 Å². The highest BCUT2D eigenvalue weighted by atomic mass is 15.0. The highest BCUT2D eigenvalue weighted by Gasteiger charge is 1.94. The molecule has 0 radical (unpaired) electrons. The molecule has 4 nitrogen and oxygen atoms in total. The van der Waals surface area contributed by atoms with E-state index in [-0.39, 0.29) is 0 Å². The Kier molecular flexibility index (Phi) is 2.97. The minimum Gasteiger partial charge on any atom is -0.326 e. The van der Waals surface area contributed by atoms with Crippen LogP contribution in [-0.2, 0) is 6.54 Å². The Morgan fingerprint density at radius 3 is 2.88 bits per heavy atom. The summed E-state index contributed by atoms with van der Waals surface area (Å²) in [6.07, 6.45) is 5.36. The summed E-state index contributed by atoms with van der Waals surface area (Å²) in [5.41, 5.74) is 1.71. The van der Waals surface area contributed by atoms with Gasteiger partial charge in [0.25, 0.3) is 0 Å². The van der Waals surface area contributed by atoms with Gasteiger partial charge in [-0.05, 0) is 25.8 Å². The third-order valence-corrected chi connectivity index (χ3v) is 2.00. The van der Waals surface area contributed by atoms with E-state index in [1.807, 2.05) is 30.7 Å². The maximum absolute atomic E-state index is 4.24. The molecule has 2 aromatic heterocycles. The normalized spacial score (nSPS) is 9.62. The molecule has 0 aliphatic carbocycles. The molecule has 2 rings (SSSR count). The van der Waals surface area contributed by atoms with E-state index in [1.54, 1.807) is 12.5 Å². The van der Waals surface area contributed by atoms with E-state index >= 15 is 0 Å². The molecule has 0 aliphatic rings. The number of aryl methyl sites for hydroxylation is 2. The lowest BCUT2D eigenvalue weighted by Gasteiger charge is -1.96. The Hall–Kier alpha value is -2.15. The van der Waals surface area contributed by atoms with Crippen molar-refractivity contribution in [1.82, 2.24) is 19.5 Å². The summed E-state index contributed by atoms with van der Waals surface area (Å²) in [5, 5.41) is 0. The number of hydrogen-bond acceptors (Lipinski definition) is 3. The first-order valence-electron chi connectivity index (χ1n) is 5.01. The highest BCUT2D eigenvalue weighted by Crippen LogP contribution is 1.97. The zero-order valence-corrected chi connectivity index (χ0v) is 9.31. The van der Waals surface area contributed by atoms with Crippen LogP contribution in [-0.4, -0.2) is 19.5 Å². The fraction of sp³-hybridized carbons (Fsp3) is 0.250. The van der Waals surface area contributed by atoms with Crippen LogP contribution in [0.3, 0.4) is 0 Å². The molecule has 0 unspecified atom stereocenters. The number of rotatable bonds is 1. The van der Waals surface area contributed by atoms with Crippen molar-refractivity contribution >= 4 is 0 Å². The molecule has 80 valence electrons. The van der Waals surface area contributed by atoms with Crippen LogP contribution in [0.25, 0.3) is 0 Å². The van der Waals surface area contributed by atoms with Gasteiger partial charge in [0, 0.05) is 18.1 Å². The van der Waals surface area contributed by atoms with E-state index in [1.165, 1.54) is 0 Å². The lowest BCUT2D eigenvalue weighted by molar-refractivity contribution is 0.839. The highest BCUT2D eigenvalue weighted by molar-refractivity contribution is 5.28. The number of hydrogen-bond donors (Lipinski definition) is 0. The Morgan fingerprint density at radius 2 is 2.19 bits per heavy atom. The van der Waals surface area contributed by atoms with Crippen molar-refractivity contribution in [2.24, 2.45) is 0 Å². The molecule has 0 aliphatic heterocycles. The molecule has 0 saturated carbocycles. The molecular weight excluding hydrogens is 200 g/mol. The zero-order chi connectivity index (χ0) is 11.4. The van der Waals surface area contributed by atoms with Gasteiger partial charge in [0.15, 0.2) is 0 Å². The van der Waals surface area contributed by atoms with Crippen LogP contribution in [0.15, 0.2) is 24.8 Å². The lowest BCUT2D eigenvalue weighted by Crippen LogP contribution is -1.95. The van der Waals surface area contributed by atoms with Crippen molar-refractivity contribution in [2.45, 2.75) is 20.4 Å². The van der Waals surface area contributed by atoms with Crippen LogP contribution < -0.4 is 0 Å². The van der Waals surface area contributed by atoms with Gasteiger partial charge in [-0.1, -0.05) is 5.92 Å². The summed E-state index contributed by atoms with van der Waals surface area (Å²) in [6, 6.07) is 1.88. The van der Waals surface area contributed by atoms with Crippen molar-refractivity contribution in [1.29, 1.82) is 0 Å². The van der Waals surface area contributed by atoms with Gasteiger partial charge in [0.2, 0.25) is 0 Å². The number of aromatic nitrogens is 4. The van der Waals surface area contributed by atoms with E-state index in [4.69, 9.17) is 0 Å². The summed E-state index contributed by atoms with van der Waals surface area (Å²) in [6.45, 7) is 4.44. The largest absolute Gasteiger partial charge is 0.326 e. The molecule has 0 N–H and O–H groups in total. The molecular formula is C12H12N4. The molecule has 16 heavy (non-hydrogen) atoms. The third kappa shape index (κ3) is 2.67. The van der Waals surface area contributed by atoms with Crippen LogP contribution >= 0.6 is 0 Å². The Morgan fingerprint density at radius 1 is 1.31 bits per heavy atom. The molecule has 4 heteroatoms. The van der Waals surface area contributed by atoms with Gasteiger partial charge in [0.1, 0.15) is 11.5 Å². The first-order valence-corrected chi connectivity index (χ1v) is 5.01. The smallest absolute Gasteiger partial charge is 0.126 e. The van der Waals surface area contributed by atoms with Crippen molar-refractivity contribution in [2.75, 3.05) is 0 Å². The fourth-order valence-electron chi connectivity index (χ4n) is 1.38. The Bertz CT molecular complexity index is 512. The second-order valence-electron chi connectivity index (χ2n) is 3.48. The van der Waals surface area contributed by atoms with Gasteiger partial charge >= 0.3 is 0 Å². The van der Waals surface area contributed by atoms with E-state index in [2.05, 4.69) is 26.8 Å². The van der Waals surface area contributed by atoms with Gasteiger partial charge in [0.05, 0.1) is 12.9 Å². The van der Waals surface area contributed by atoms with Crippen molar-refractivity contribution in [3.05, 3.63) is 42.0 Å². The van der Waals surface area contributed by atoms with E-state index in [9.17, 15) is 0 Å². The van der Waals surface area contributed by atoms with Gasteiger partial charge in [-0.25, -0.2) is 15.0 Å².